The van der Waals surface area contributed by atoms with Crippen LogP contribution in [0.4, 0.5) is 0 Å². The van der Waals surface area contributed by atoms with E-state index in [1.54, 1.807) is 0 Å². The molecule has 0 radical (unpaired) electrons. The Kier molecular flexibility index (Phi) is 3.30. The summed E-state index contributed by atoms with van der Waals surface area (Å²) in [6, 6.07) is 0.205. The van der Waals surface area contributed by atoms with E-state index in [4.69, 9.17) is 5.73 Å². The fraction of sp³-hybridized carbons (Fsp3) is 0.750. The Labute approximate surface area is 97.4 Å². The minimum atomic E-state index is 0.205. The van der Waals surface area contributed by atoms with Crippen molar-refractivity contribution in [3.63, 3.8) is 0 Å². The molecule has 1 aromatic heterocycles. The number of hydrogen-bond donors (Lipinski definition) is 1. The Morgan fingerprint density at radius 3 is 2.94 bits per heavy atom. The van der Waals surface area contributed by atoms with Crippen molar-refractivity contribution < 1.29 is 0 Å². The maximum Gasteiger partial charge on any atom is 0.0644 e. The highest BCUT2D eigenvalue weighted by Crippen LogP contribution is 2.30. The molecule has 2 N–H and O–H groups in total. The second-order valence-electron chi connectivity index (χ2n) is 4.97. The number of aromatic nitrogens is 2. The zero-order valence-electron chi connectivity index (χ0n) is 10.5. The number of aryl methyl sites for hydroxylation is 1. The van der Waals surface area contributed by atoms with Gasteiger partial charge >= 0.3 is 0 Å². The topological polar surface area (TPSA) is 47.1 Å². The molecule has 1 unspecified atom stereocenters. The molecule has 0 aromatic carbocycles. The van der Waals surface area contributed by atoms with Crippen LogP contribution in [0.1, 0.15) is 35.8 Å². The zero-order chi connectivity index (χ0) is 11.7. The molecule has 0 bridgehead atoms. The van der Waals surface area contributed by atoms with Gasteiger partial charge < -0.3 is 10.6 Å². The van der Waals surface area contributed by atoms with Crippen molar-refractivity contribution in [3.8, 4) is 0 Å². The third-order valence-electron chi connectivity index (χ3n) is 3.34. The van der Waals surface area contributed by atoms with Gasteiger partial charge in [0.15, 0.2) is 0 Å². The van der Waals surface area contributed by atoms with Crippen LogP contribution in [-0.4, -0.2) is 35.3 Å². The van der Waals surface area contributed by atoms with Gasteiger partial charge in [-0.1, -0.05) is 0 Å². The summed E-state index contributed by atoms with van der Waals surface area (Å²) in [6.07, 6.45) is 3.44. The number of likely N-dealkylation sites (N-methyl/N-ethyl adjacent to an activating group) is 1. The fourth-order valence-corrected chi connectivity index (χ4v) is 2.50. The van der Waals surface area contributed by atoms with Crippen LogP contribution in [0.15, 0.2) is 0 Å². The Bertz CT molecular complexity index is 367. The van der Waals surface area contributed by atoms with Gasteiger partial charge in [-0.25, -0.2) is 0 Å². The fourth-order valence-electron chi connectivity index (χ4n) is 2.50. The van der Waals surface area contributed by atoms with E-state index in [2.05, 4.69) is 35.7 Å². The lowest BCUT2D eigenvalue weighted by atomic mass is 9.92. The SMILES string of the molecule is Cc1nn(CCN(C)C)c2c1C(N)CCC2. The third kappa shape index (κ3) is 2.13. The van der Waals surface area contributed by atoms with Crippen LogP contribution in [0.25, 0.3) is 0 Å². The summed E-state index contributed by atoms with van der Waals surface area (Å²) >= 11 is 0. The first-order valence-electron chi connectivity index (χ1n) is 6.06. The molecule has 0 amide bonds. The van der Waals surface area contributed by atoms with Crippen LogP contribution in [-0.2, 0) is 13.0 Å². The predicted octanol–water partition coefficient (Wildman–Crippen LogP) is 1.09. The van der Waals surface area contributed by atoms with Crippen LogP contribution < -0.4 is 5.73 Å². The third-order valence-corrected chi connectivity index (χ3v) is 3.34. The van der Waals surface area contributed by atoms with Gasteiger partial charge in [0, 0.05) is 23.8 Å². The van der Waals surface area contributed by atoms with Gasteiger partial charge in [0.05, 0.1) is 12.2 Å². The number of nitrogens with zero attached hydrogens (tertiary/aromatic N) is 3. The van der Waals surface area contributed by atoms with Crippen LogP contribution in [0.5, 0.6) is 0 Å². The Morgan fingerprint density at radius 1 is 1.50 bits per heavy atom. The first-order valence-corrected chi connectivity index (χ1v) is 6.06. The second kappa shape index (κ2) is 4.55. The standard InChI is InChI=1S/C12H22N4/c1-9-12-10(13)5-4-6-11(12)16(14-9)8-7-15(2)3/h10H,4-8,13H2,1-3H3. The summed E-state index contributed by atoms with van der Waals surface area (Å²) in [7, 11) is 4.18. The summed E-state index contributed by atoms with van der Waals surface area (Å²) in [5.74, 6) is 0. The molecule has 16 heavy (non-hydrogen) atoms. The maximum absolute atomic E-state index is 6.15. The summed E-state index contributed by atoms with van der Waals surface area (Å²) in [6.45, 7) is 4.08. The molecule has 1 aromatic rings. The maximum atomic E-state index is 6.15. The highest BCUT2D eigenvalue weighted by molar-refractivity contribution is 5.31. The van der Waals surface area contributed by atoms with E-state index in [-0.39, 0.29) is 6.04 Å². The molecular formula is C12H22N4. The van der Waals surface area contributed by atoms with E-state index < -0.39 is 0 Å². The first kappa shape index (κ1) is 11.6. The minimum Gasteiger partial charge on any atom is -0.324 e. The molecule has 1 aliphatic carbocycles. The molecule has 2 rings (SSSR count). The molecule has 90 valence electrons. The van der Waals surface area contributed by atoms with E-state index in [0.29, 0.717) is 0 Å². The van der Waals surface area contributed by atoms with Crippen molar-refractivity contribution in [3.05, 3.63) is 17.0 Å². The van der Waals surface area contributed by atoms with Gasteiger partial charge in [-0.2, -0.15) is 5.10 Å². The molecule has 1 heterocycles. The van der Waals surface area contributed by atoms with Gasteiger partial charge in [0.2, 0.25) is 0 Å². The van der Waals surface area contributed by atoms with E-state index in [1.807, 2.05) is 0 Å². The predicted molar refractivity (Wildman–Crippen MR) is 65.4 cm³/mol. The monoisotopic (exact) mass is 222 g/mol. The average Bonchev–Trinajstić information content (AvgIpc) is 2.54. The molecule has 1 aliphatic rings. The minimum absolute atomic E-state index is 0.205. The number of rotatable bonds is 3. The Balaban J connectivity index is 2.23. The van der Waals surface area contributed by atoms with E-state index in [9.17, 15) is 0 Å². The summed E-state index contributed by atoms with van der Waals surface area (Å²) in [4.78, 5) is 2.19. The molecule has 0 saturated heterocycles. The van der Waals surface area contributed by atoms with Crippen LogP contribution in [0.3, 0.4) is 0 Å². The normalized spacial score (nSPS) is 20.2. The van der Waals surface area contributed by atoms with Crippen molar-refractivity contribution in [1.29, 1.82) is 0 Å². The quantitative estimate of drug-likeness (QED) is 0.832. The van der Waals surface area contributed by atoms with E-state index >= 15 is 0 Å². The smallest absolute Gasteiger partial charge is 0.0644 e. The van der Waals surface area contributed by atoms with Crippen molar-refractivity contribution in [2.24, 2.45) is 5.73 Å². The molecule has 0 spiro atoms. The molecule has 0 saturated carbocycles. The largest absolute Gasteiger partial charge is 0.324 e. The summed E-state index contributed by atoms with van der Waals surface area (Å²) in [5.41, 5.74) is 9.96. The number of hydrogen-bond acceptors (Lipinski definition) is 3. The van der Waals surface area contributed by atoms with Crippen molar-refractivity contribution >= 4 is 0 Å². The zero-order valence-corrected chi connectivity index (χ0v) is 10.5. The molecular weight excluding hydrogens is 200 g/mol. The van der Waals surface area contributed by atoms with Crippen molar-refractivity contribution in [1.82, 2.24) is 14.7 Å². The van der Waals surface area contributed by atoms with Gasteiger partial charge in [0.25, 0.3) is 0 Å². The molecule has 4 heteroatoms. The summed E-state index contributed by atoms with van der Waals surface area (Å²) in [5, 5.41) is 4.62. The van der Waals surface area contributed by atoms with Gasteiger partial charge in [-0.15, -0.1) is 0 Å². The first-order chi connectivity index (χ1) is 7.59. The van der Waals surface area contributed by atoms with Crippen molar-refractivity contribution in [2.45, 2.75) is 38.8 Å². The highest BCUT2D eigenvalue weighted by atomic mass is 15.3. The lowest BCUT2D eigenvalue weighted by molar-refractivity contribution is 0.366. The molecule has 0 aliphatic heterocycles. The van der Waals surface area contributed by atoms with Gasteiger partial charge in [0.1, 0.15) is 0 Å². The van der Waals surface area contributed by atoms with Gasteiger partial charge in [-0.3, -0.25) is 4.68 Å². The van der Waals surface area contributed by atoms with Gasteiger partial charge in [-0.05, 0) is 40.3 Å². The lowest BCUT2D eigenvalue weighted by Gasteiger charge is -2.20. The van der Waals surface area contributed by atoms with Crippen LogP contribution in [0, 0.1) is 6.92 Å². The second-order valence-corrected chi connectivity index (χ2v) is 4.97. The number of fused-ring (bicyclic) bond motifs is 1. The average molecular weight is 222 g/mol. The molecule has 1 atom stereocenters. The highest BCUT2D eigenvalue weighted by Gasteiger charge is 2.24. The summed E-state index contributed by atoms with van der Waals surface area (Å²) < 4.78 is 2.16. The van der Waals surface area contributed by atoms with Crippen molar-refractivity contribution in [2.75, 3.05) is 20.6 Å². The lowest BCUT2D eigenvalue weighted by Crippen LogP contribution is -2.22. The van der Waals surface area contributed by atoms with Crippen LogP contribution >= 0.6 is 0 Å². The van der Waals surface area contributed by atoms with Crippen LogP contribution in [0.2, 0.25) is 0 Å². The van der Waals surface area contributed by atoms with E-state index in [1.165, 1.54) is 17.7 Å². The molecule has 0 fully saturated rings. The number of nitrogens with two attached hydrogens (primary N) is 1. The molecule has 4 nitrogen and oxygen atoms in total. The Morgan fingerprint density at radius 2 is 2.25 bits per heavy atom. The Hall–Kier alpha value is -0.870. The van der Waals surface area contributed by atoms with E-state index in [0.717, 1.165) is 31.6 Å².